The predicted octanol–water partition coefficient (Wildman–Crippen LogP) is 3.62. The number of nitrogens with one attached hydrogen (secondary N) is 2. The van der Waals surface area contributed by atoms with Crippen LogP contribution >= 0.6 is 22.9 Å². The normalized spacial score (nSPS) is 10.3. The second kappa shape index (κ2) is 6.24. The van der Waals surface area contributed by atoms with Crippen LogP contribution in [0, 0.1) is 13.8 Å². The Morgan fingerprint density at radius 1 is 1.24 bits per heavy atom. The van der Waals surface area contributed by atoms with Gasteiger partial charge >= 0.3 is 0 Å². The number of nitrogens with zero attached hydrogens (tertiary/aromatic N) is 1. The van der Waals surface area contributed by atoms with Gasteiger partial charge in [-0.25, -0.2) is 4.98 Å². The van der Waals surface area contributed by atoms with Gasteiger partial charge in [0.1, 0.15) is 0 Å². The van der Waals surface area contributed by atoms with Crippen molar-refractivity contribution in [2.75, 3.05) is 10.6 Å². The molecule has 7 heteroatoms. The van der Waals surface area contributed by atoms with E-state index in [-0.39, 0.29) is 11.8 Å². The van der Waals surface area contributed by atoms with Crippen LogP contribution in [0.25, 0.3) is 0 Å². The molecule has 1 heterocycles. The van der Waals surface area contributed by atoms with Gasteiger partial charge in [0.05, 0.1) is 16.9 Å². The molecule has 110 valence electrons. The zero-order chi connectivity index (χ0) is 15.6. The monoisotopic (exact) mass is 323 g/mol. The molecule has 5 nitrogen and oxygen atoms in total. The summed E-state index contributed by atoms with van der Waals surface area (Å²) in [4.78, 5) is 28.8. The number of aryl methyl sites for hydroxylation is 2. The fraction of sp³-hybridized carbons (Fsp3) is 0.214. The Morgan fingerprint density at radius 3 is 2.52 bits per heavy atom. The van der Waals surface area contributed by atoms with Crippen LogP contribution in [0.15, 0.2) is 18.2 Å². The number of aromatic nitrogens is 1. The summed E-state index contributed by atoms with van der Waals surface area (Å²) >= 11 is 7.32. The summed E-state index contributed by atoms with van der Waals surface area (Å²) < 4.78 is 0. The lowest BCUT2D eigenvalue weighted by molar-refractivity contribution is -0.114. The maximum absolute atomic E-state index is 12.3. The first kappa shape index (κ1) is 15.5. The number of thiazole rings is 1. The summed E-state index contributed by atoms with van der Waals surface area (Å²) in [5, 5.41) is 6.26. The van der Waals surface area contributed by atoms with E-state index in [1.165, 1.54) is 24.3 Å². The fourth-order valence-corrected chi connectivity index (χ4v) is 2.68. The molecule has 21 heavy (non-hydrogen) atoms. The van der Waals surface area contributed by atoms with Gasteiger partial charge in [0.25, 0.3) is 5.91 Å². The van der Waals surface area contributed by atoms with E-state index in [1.54, 1.807) is 12.1 Å². The maximum atomic E-state index is 12.3. The van der Waals surface area contributed by atoms with E-state index in [0.717, 1.165) is 10.6 Å². The summed E-state index contributed by atoms with van der Waals surface area (Å²) in [6, 6.07) is 4.72. The van der Waals surface area contributed by atoms with E-state index in [2.05, 4.69) is 15.6 Å². The van der Waals surface area contributed by atoms with E-state index in [0.29, 0.717) is 21.4 Å². The maximum Gasteiger partial charge on any atom is 0.259 e. The van der Waals surface area contributed by atoms with Gasteiger partial charge in [0.15, 0.2) is 5.13 Å². The summed E-state index contributed by atoms with van der Waals surface area (Å²) in [5.41, 5.74) is 1.58. The number of hydrogen-bond donors (Lipinski definition) is 2. The minimum absolute atomic E-state index is 0.257. The van der Waals surface area contributed by atoms with Crippen LogP contribution in [0.2, 0.25) is 5.02 Å². The van der Waals surface area contributed by atoms with Crippen molar-refractivity contribution in [3.8, 4) is 0 Å². The van der Waals surface area contributed by atoms with Gasteiger partial charge in [-0.1, -0.05) is 11.6 Å². The van der Waals surface area contributed by atoms with E-state index in [4.69, 9.17) is 11.6 Å². The first-order chi connectivity index (χ1) is 9.86. The third-order valence-corrected chi connectivity index (χ3v) is 4.01. The van der Waals surface area contributed by atoms with E-state index in [1.807, 2.05) is 13.8 Å². The van der Waals surface area contributed by atoms with Crippen LogP contribution in [0.5, 0.6) is 0 Å². The molecule has 0 bridgehead atoms. The second-order valence-corrected chi connectivity index (χ2v) is 6.13. The van der Waals surface area contributed by atoms with Crippen LogP contribution in [-0.2, 0) is 4.79 Å². The smallest absolute Gasteiger partial charge is 0.259 e. The van der Waals surface area contributed by atoms with Crippen LogP contribution in [0.4, 0.5) is 10.8 Å². The summed E-state index contributed by atoms with van der Waals surface area (Å²) in [6.45, 7) is 5.19. The molecule has 0 aliphatic rings. The zero-order valence-electron chi connectivity index (χ0n) is 11.8. The van der Waals surface area contributed by atoms with Gasteiger partial charge in [-0.05, 0) is 32.0 Å². The predicted molar refractivity (Wildman–Crippen MR) is 85.3 cm³/mol. The lowest BCUT2D eigenvalue weighted by Crippen LogP contribution is -2.16. The molecule has 0 aliphatic carbocycles. The van der Waals surface area contributed by atoms with Crippen molar-refractivity contribution in [1.29, 1.82) is 0 Å². The molecule has 0 atom stereocenters. The minimum atomic E-state index is -0.366. The Kier molecular flexibility index (Phi) is 4.59. The molecule has 0 radical (unpaired) electrons. The standard InChI is InChI=1S/C14H14ClN3O2S/c1-7-8(2)21-14(16-7)18-13(20)11-6-10(15)4-5-12(11)17-9(3)19/h4-6H,1-3H3,(H,17,19)(H,16,18,20). The van der Waals surface area contributed by atoms with Gasteiger partial charge in [-0.2, -0.15) is 0 Å². The number of amides is 2. The average molecular weight is 324 g/mol. The van der Waals surface area contributed by atoms with Crippen molar-refractivity contribution in [1.82, 2.24) is 4.98 Å². The first-order valence-electron chi connectivity index (χ1n) is 6.19. The van der Waals surface area contributed by atoms with Crippen LogP contribution in [-0.4, -0.2) is 16.8 Å². The van der Waals surface area contributed by atoms with Crippen molar-refractivity contribution in [2.24, 2.45) is 0 Å². The van der Waals surface area contributed by atoms with Crippen LogP contribution in [0.3, 0.4) is 0 Å². The molecular formula is C14H14ClN3O2S. The molecule has 0 saturated heterocycles. The van der Waals surface area contributed by atoms with Crippen molar-refractivity contribution in [2.45, 2.75) is 20.8 Å². The Morgan fingerprint density at radius 2 is 1.95 bits per heavy atom. The highest BCUT2D eigenvalue weighted by atomic mass is 35.5. The molecule has 1 aromatic carbocycles. The van der Waals surface area contributed by atoms with Gasteiger partial charge in [-0.3, -0.25) is 14.9 Å². The van der Waals surface area contributed by atoms with Gasteiger partial charge in [-0.15, -0.1) is 11.3 Å². The third-order valence-electron chi connectivity index (χ3n) is 2.79. The second-order valence-electron chi connectivity index (χ2n) is 4.49. The fourth-order valence-electron chi connectivity index (χ4n) is 1.69. The van der Waals surface area contributed by atoms with Gasteiger partial charge in [0, 0.05) is 16.8 Å². The highest BCUT2D eigenvalue weighted by Gasteiger charge is 2.15. The van der Waals surface area contributed by atoms with Crippen molar-refractivity contribution < 1.29 is 9.59 Å². The SMILES string of the molecule is CC(=O)Nc1ccc(Cl)cc1C(=O)Nc1nc(C)c(C)s1. The van der Waals surface area contributed by atoms with Crippen LogP contribution in [0.1, 0.15) is 27.9 Å². The van der Waals surface area contributed by atoms with E-state index >= 15 is 0 Å². The van der Waals surface area contributed by atoms with E-state index < -0.39 is 0 Å². The van der Waals surface area contributed by atoms with Crippen LogP contribution < -0.4 is 10.6 Å². The van der Waals surface area contributed by atoms with Gasteiger partial charge in [0.2, 0.25) is 5.91 Å². The summed E-state index contributed by atoms with van der Waals surface area (Å²) in [5.74, 6) is -0.623. The average Bonchev–Trinajstić information content (AvgIpc) is 2.69. The molecule has 2 aromatic rings. The van der Waals surface area contributed by atoms with Gasteiger partial charge < -0.3 is 5.32 Å². The number of hydrogen-bond acceptors (Lipinski definition) is 4. The Bertz CT molecular complexity index is 693. The molecule has 1 aromatic heterocycles. The molecule has 0 fully saturated rings. The quantitative estimate of drug-likeness (QED) is 0.906. The Labute approximate surface area is 131 Å². The molecular weight excluding hydrogens is 310 g/mol. The molecule has 2 N–H and O–H groups in total. The number of rotatable bonds is 3. The highest BCUT2D eigenvalue weighted by molar-refractivity contribution is 7.15. The lowest BCUT2D eigenvalue weighted by Gasteiger charge is -2.09. The van der Waals surface area contributed by atoms with Crippen molar-refractivity contribution >= 4 is 45.6 Å². The largest absolute Gasteiger partial charge is 0.326 e. The molecule has 0 saturated carbocycles. The lowest BCUT2D eigenvalue weighted by atomic mass is 10.1. The Balaban J connectivity index is 2.29. The highest BCUT2D eigenvalue weighted by Crippen LogP contribution is 2.25. The molecule has 0 aliphatic heterocycles. The summed E-state index contributed by atoms with van der Waals surface area (Å²) in [7, 11) is 0. The minimum Gasteiger partial charge on any atom is -0.326 e. The number of anilines is 2. The Hall–Kier alpha value is -1.92. The third kappa shape index (κ3) is 3.80. The topological polar surface area (TPSA) is 71.1 Å². The molecule has 2 rings (SSSR count). The zero-order valence-corrected chi connectivity index (χ0v) is 13.4. The first-order valence-corrected chi connectivity index (χ1v) is 7.39. The summed E-state index contributed by atoms with van der Waals surface area (Å²) in [6.07, 6.45) is 0. The number of benzene rings is 1. The number of halogens is 1. The number of carbonyl (C=O) groups excluding carboxylic acids is 2. The number of carbonyl (C=O) groups is 2. The van der Waals surface area contributed by atoms with Crippen molar-refractivity contribution in [3.63, 3.8) is 0 Å². The molecule has 0 unspecified atom stereocenters. The molecule has 2 amide bonds. The van der Waals surface area contributed by atoms with Crippen molar-refractivity contribution in [3.05, 3.63) is 39.4 Å². The van der Waals surface area contributed by atoms with E-state index in [9.17, 15) is 9.59 Å². The molecule has 0 spiro atoms.